The van der Waals surface area contributed by atoms with Crippen molar-refractivity contribution in [2.24, 2.45) is 0 Å². The van der Waals surface area contributed by atoms with Crippen LogP contribution in [-0.2, 0) is 22.1 Å². The zero-order valence-corrected chi connectivity index (χ0v) is 8.97. The molecule has 0 spiro atoms. The molecule has 2 nitrogen and oxygen atoms in total. The average Bonchev–Trinajstić information content (AvgIpc) is 2.15. The zero-order chi connectivity index (χ0) is 13.1. The van der Waals surface area contributed by atoms with Gasteiger partial charge in [-0.2, -0.15) is 13.2 Å². The van der Waals surface area contributed by atoms with Gasteiger partial charge < -0.3 is 4.74 Å². The molecule has 0 unspecified atom stereocenters. The summed E-state index contributed by atoms with van der Waals surface area (Å²) in [7, 11) is 0. The van der Waals surface area contributed by atoms with Crippen LogP contribution in [0.3, 0.4) is 0 Å². The minimum absolute atomic E-state index is 0.0650. The zero-order valence-electron chi connectivity index (χ0n) is 8.97. The summed E-state index contributed by atoms with van der Waals surface area (Å²) in [5.41, 5.74) is -1.44. The van der Waals surface area contributed by atoms with Crippen LogP contribution in [0.15, 0.2) is 18.2 Å². The van der Waals surface area contributed by atoms with E-state index in [-0.39, 0.29) is 6.61 Å². The van der Waals surface area contributed by atoms with E-state index in [0.717, 1.165) is 0 Å². The Balaban J connectivity index is 3.04. The van der Waals surface area contributed by atoms with Gasteiger partial charge in [-0.25, -0.2) is 4.39 Å². The Morgan fingerprint density at radius 2 is 2.00 bits per heavy atom. The highest BCUT2D eigenvalue weighted by atomic mass is 19.4. The van der Waals surface area contributed by atoms with Gasteiger partial charge in [0.25, 0.3) is 0 Å². The molecule has 6 heteroatoms. The lowest BCUT2D eigenvalue weighted by molar-refractivity contribution is -0.143. The van der Waals surface area contributed by atoms with E-state index < -0.39 is 35.5 Å². The number of rotatable bonds is 3. The van der Waals surface area contributed by atoms with E-state index in [4.69, 9.17) is 0 Å². The highest BCUT2D eigenvalue weighted by Crippen LogP contribution is 2.32. The highest BCUT2D eigenvalue weighted by molar-refractivity contribution is 5.73. The largest absolute Gasteiger partial charge is 0.466 e. The number of esters is 1. The second-order valence-corrected chi connectivity index (χ2v) is 3.28. The van der Waals surface area contributed by atoms with E-state index in [9.17, 15) is 22.4 Å². The first-order valence-corrected chi connectivity index (χ1v) is 4.86. The molecule has 0 aromatic heterocycles. The Bertz CT molecular complexity index is 412. The molecule has 94 valence electrons. The fraction of sp³-hybridized carbons (Fsp3) is 0.364. The second-order valence-electron chi connectivity index (χ2n) is 3.28. The number of carbonyl (C=O) groups is 1. The fourth-order valence-corrected chi connectivity index (χ4v) is 1.35. The standard InChI is InChI=1S/C11H10F4O2/c1-2-17-10(16)6-7-5-8(12)3-4-9(7)11(13,14)15/h3-5H,2,6H2,1H3. The van der Waals surface area contributed by atoms with Crippen molar-refractivity contribution in [3.8, 4) is 0 Å². The van der Waals surface area contributed by atoms with Gasteiger partial charge in [0.05, 0.1) is 18.6 Å². The first-order valence-electron chi connectivity index (χ1n) is 4.86. The van der Waals surface area contributed by atoms with Crippen molar-refractivity contribution in [3.05, 3.63) is 35.1 Å². The van der Waals surface area contributed by atoms with Gasteiger partial charge in [0.15, 0.2) is 0 Å². The van der Waals surface area contributed by atoms with Crippen molar-refractivity contribution >= 4 is 5.97 Å². The van der Waals surface area contributed by atoms with E-state index in [1.165, 1.54) is 6.92 Å². The lowest BCUT2D eigenvalue weighted by Crippen LogP contribution is -2.14. The molecule has 1 rings (SSSR count). The number of ether oxygens (including phenoxy) is 1. The number of hydrogen-bond donors (Lipinski definition) is 0. The predicted molar refractivity (Wildman–Crippen MR) is 51.7 cm³/mol. The van der Waals surface area contributed by atoms with Gasteiger partial charge in [-0.1, -0.05) is 0 Å². The summed E-state index contributed by atoms with van der Waals surface area (Å²) in [5.74, 6) is -1.64. The van der Waals surface area contributed by atoms with Crippen LogP contribution in [0.1, 0.15) is 18.1 Å². The normalized spacial score (nSPS) is 11.4. The maximum atomic E-state index is 12.9. The van der Waals surface area contributed by atoms with Gasteiger partial charge in [-0.15, -0.1) is 0 Å². The molecule has 0 saturated carbocycles. The summed E-state index contributed by atoms with van der Waals surface area (Å²) in [5, 5.41) is 0. The minimum atomic E-state index is -4.62. The van der Waals surface area contributed by atoms with Gasteiger partial charge in [0, 0.05) is 0 Å². The second kappa shape index (κ2) is 5.16. The smallest absolute Gasteiger partial charge is 0.416 e. The van der Waals surface area contributed by atoms with E-state index in [1.54, 1.807) is 0 Å². The van der Waals surface area contributed by atoms with Crippen LogP contribution in [0.25, 0.3) is 0 Å². The lowest BCUT2D eigenvalue weighted by Gasteiger charge is -2.12. The van der Waals surface area contributed by atoms with E-state index in [1.807, 2.05) is 0 Å². The number of carbonyl (C=O) groups excluding carboxylic acids is 1. The Hall–Kier alpha value is -1.59. The van der Waals surface area contributed by atoms with E-state index in [2.05, 4.69) is 4.74 Å². The van der Waals surface area contributed by atoms with Crippen LogP contribution in [0.4, 0.5) is 17.6 Å². The van der Waals surface area contributed by atoms with Gasteiger partial charge in [-0.3, -0.25) is 4.79 Å². The molecule has 0 amide bonds. The first-order chi connectivity index (χ1) is 7.84. The molecular formula is C11H10F4O2. The third-order valence-corrected chi connectivity index (χ3v) is 2.01. The van der Waals surface area contributed by atoms with Gasteiger partial charge >= 0.3 is 12.1 Å². The lowest BCUT2D eigenvalue weighted by atomic mass is 10.0. The minimum Gasteiger partial charge on any atom is -0.466 e. The van der Waals surface area contributed by atoms with Gasteiger partial charge in [-0.05, 0) is 30.7 Å². The molecule has 1 aromatic rings. The Morgan fingerprint density at radius 3 is 2.53 bits per heavy atom. The summed E-state index contributed by atoms with van der Waals surface area (Å²) < 4.78 is 55.0. The van der Waals surface area contributed by atoms with Crippen molar-refractivity contribution in [2.45, 2.75) is 19.5 Å². The molecule has 0 atom stereocenters. The molecule has 0 N–H and O–H groups in total. The van der Waals surface area contributed by atoms with Crippen LogP contribution in [0.5, 0.6) is 0 Å². The van der Waals surface area contributed by atoms with Crippen LogP contribution in [-0.4, -0.2) is 12.6 Å². The summed E-state index contributed by atoms with van der Waals surface area (Å²) >= 11 is 0. The molecule has 0 aliphatic rings. The van der Waals surface area contributed by atoms with Crippen molar-refractivity contribution in [1.82, 2.24) is 0 Å². The maximum Gasteiger partial charge on any atom is 0.416 e. The summed E-state index contributed by atoms with van der Waals surface area (Å²) in [6.45, 7) is 1.60. The molecule has 0 fully saturated rings. The molecule has 0 aliphatic heterocycles. The van der Waals surface area contributed by atoms with Gasteiger partial charge in [0.1, 0.15) is 5.82 Å². The number of hydrogen-bond acceptors (Lipinski definition) is 2. The van der Waals surface area contributed by atoms with Crippen molar-refractivity contribution in [2.75, 3.05) is 6.61 Å². The molecule has 1 aromatic carbocycles. The molecule has 0 radical (unpaired) electrons. The molecule has 0 saturated heterocycles. The third-order valence-electron chi connectivity index (χ3n) is 2.01. The third kappa shape index (κ3) is 3.72. The van der Waals surface area contributed by atoms with E-state index >= 15 is 0 Å². The molecule has 0 aliphatic carbocycles. The Kier molecular flexibility index (Phi) is 4.09. The predicted octanol–water partition coefficient (Wildman–Crippen LogP) is 2.95. The molecule has 17 heavy (non-hydrogen) atoms. The average molecular weight is 250 g/mol. The monoisotopic (exact) mass is 250 g/mol. The summed E-state index contributed by atoms with van der Waals surface area (Å²) in [4.78, 5) is 11.1. The first kappa shape index (κ1) is 13.5. The van der Waals surface area contributed by atoms with Crippen LogP contribution in [0.2, 0.25) is 0 Å². The van der Waals surface area contributed by atoms with Crippen LogP contribution in [0, 0.1) is 5.82 Å². The van der Waals surface area contributed by atoms with Crippen molar-refractivity contribution < 1.29 is 27.1 Å². The fourth-order valence-electron chi connectivity index (χ4n) is 1.35. The van der Waals surface area contributed by atoms with Crippen molar-refractivity contribution in [1.29, 1.82) is 0 Å². The van der Waals surface area contributed by atoms with E-state index in [0.29, 0.717) is 18.2 Å². The van der Waals surface area contributed by atoms with Crippen molar-refractivity contribution in [3.63, 3.8) is 0 Å². The number of halogens is 4. The van der Waals surface area contributed by atoms with Crippen LogP contribution < -0.4 is 0 Å². The number of alkyl halides is 3. The topological polar surface area (TPSA) is 26.3 Å². The SMILES string of the molecule is CCOC(=O)Cc1cc(F)ccc1C(F)(F)F. The highest BCUT2D eigenvalue weighted by Gasteiger charge is 2.33. The molecule has 0 bridgehead atoms. The maximum absolute atomic E-state index is 12.9. The molecule has 0 heterocycles. The molecular weight excluding hydrogens is 240 g/mol. The quantitative estimate of drug-likeness (QED) is 0.609. The Labute approximate surface area is 95.2 Å². The van der Waals surface area contributed by atoms with Crippen LogP contribution >= 0.6 is 0 Å². The Morgan fingerprint density at radius 1 is 1.35 bits per heavy atom. The van der Waals surface area contributed by atoms with Gasteiger partial charge in [0.2, 0.25) is 0 Å². The summed E-state index contributed by atoms with van der Waals surface area (Å²) in [6.07, 6.45) is -5.21. The summed E-state index contributed by atoms with van der Waals surface area (Å²) in [6, 6.07) is 2.01. The number of benzene rings is 1.